The van der Waals surface area contributed by atoms with Gasteiger partial charge in [0.2, 0.25) is 0 Å². The van der Waals surface area contributed by atoms with E-state index in [0.29, 0.717) is 23.0 Å². The highest BCUT2D eigenvalue weighted by Gasteiger charge is 2.29. The van der Waals surface area contributed by atoms with Crippen LogP contribution in [-0.4, -0.2) is 81.6 Å². The van der Waals surface area contributed by atoms with Gasteiger partial charge < -0.3 is 29.2 Å². The molecule has 0 aliphatic carbocycles. The van der Waals surface area contributed by atoms with Crippen LogP contribution in [0.3, 0.4) is 0 Å². The molecule has 0 spiro atoms. The zero-order valence-corrected chi connectivity index (χ0v) is 16.8. The van der Waals surface area contributed by atoms with E-state index in [-0.39, 0.29) is 5.56 Å². The summed E-state index contributed by atoms with van der Waals surface area (Å²) in [5, 5.41) is 3.08. The van der Waals surface area contributed by atoms with Crippen molar-refractivity contribution in [2.75, 3.05) is 63.8 Å². The van der Waals surface area contributed by atoms with E-state index in [9.17, 15) is 4.79 Å². The maximum Gasteiger partial charge on any atom is 0.495 e. The van der Waals surface area contributed by atoms with Crippen LogP contribution < -0.4 is 21.2 Å². The number of aromatic nitrogens is 2. The highest BCUT2D eigenvalue weighted by Crippen LogP contribution is 2.20. The third-order valence-corrected chi connectivity index (χ3v) is 5.45. The molecule has 0 unspecified atom stereocenters. The van der Waals surface area contributed by atoms with Crippen LogP contribution in [0, 0.1) is 0 Å². The average molecular weight is 399 g/mol. The molecule has 2 fully saturated rings. The fourth-order valence-electron chi connectivity index (χ4n) is 3.66. The second kappa shape index (κ2) is 8.96. The fraction of sp³-hybridized carbons (Fsp3) is 0.474. The smallest absolute Gasteiger partial charge is 0.410 e. The number of anilines is 3. The molecule has 0 radical (unpaired) electrons. The number of hydrogen-bond donors (Lipinski definition) is 2. The van der Waals surface area contributed by atoms with E-state index in [0.717, 1.165) is 45.1 Å². The topological polar surface area (TPSA) is 92.0 Å². The first kappa shape index (κ1) is 19.9. The van der Waals surface area contributed by atoms with Crippen molar-refractivity contribution in [3.05, 3.63) is 40.9 Å². The molecule has 0 bridgehead atoms. The van der Waals surface area contributed by atoms with Crippen molar-refractivity contribution >= 4 is 29.8 Å². The zero-order chi connectivity index (χ0) is 20.2. The summed E-state index contributed by atoms with van der Waals surface area (Å²) >= 11 is 0. The van der Waals surface area contributed by atoms with E-state index >= 15 is 0 Å². The molecule has 2 aromatic rings. The summed E-state index contributed by atoms with van der Waals surface area (Å²) in [5.41, 5.74) is 1.95. The van der Waals surface area contributed by atoms with Crippen molar-refractivity contribution in [2.45, 2.75) is 6.04 Å². The summed E-state index contributed by atoms with van der Waals surface area (Å²) in [6, 6.07) is 6.21. The quantitative estimate of drug-likeness (QED) is 0.630. The molecule has 2 aromatic heterocycles. The van der Waals surface area contributed by atoms with Crippen molar-refractivity contribution in [1.82, 2.24) is 14.9 Å². The highest BCUT2D eigenvalue weighted by molar-refractivity contribution is 6.61. The largest absolute Gasteiger partial charge is 0.495 e. The van der Waals surface area contributed by atoms with Crippen LogP contribution in [0.4, 0.5) is 17.2 Å². The van der Waals surface area contributed by atoms with Gasteiger partial charge in [-0.1, -0.05) is 0 Å². The van der Waals surface area contributed by atoms with E-state index in [1.54, 1.807) is 26.5 Å². The van der Waals surface area contributed by atoms with Crippen LogP contribution >= 0.6 is 0 Å². The van der Waals surface area contributed by atoms with Crippen LogP contribution in [0.25, 0.3) is 0 Å². The number of piperazine rings is 1. The van der Waals surface area contributed by atoms with E-state index in [2.05, 4.69) is 25.1 Å². The first-order valence-corrected chi connectivity index (χ1v) is 9.76. The number of aromatic amines is 1. The Morgan fingerprint density at radius 1 is 1.21 bits per heavy atom. The second-order valence-corrected chi connectivity index (χ2v) is 7.22. The third-order valence-electron chi connectivity index (χ3n) is 5.45. The lowest BCUT2D eigenvalue weighted by Gasteiger charge is -2.43. The maximum absolute atomic E-state index is 12.2. The van der Waals surface area contributed by atoms with Gasteiger partial charge in [-0.15, -0.1) is 0 Å². The number of rotatable bonds is 7. The minimum atomic E-state index is -0.548. The summed E-state index contributed by atoms with van der Waals surface area (Å²) in [6.45, 7) is 5.74. The van der Waals surface area contributed by atoms with Gasteiger partial charge in [-0.25, -0.2) is 4.98 Å². The highest BCUT2D eigenvalue weighted by atomic mass is 16.6. The molecule has 2 N–H and O–H groups in total. The molecule has 0 aromatic carbocycles. The molecule has 29 heavy (non-hydrogen) atoms. The Kier molecular flexibility index (Phi) is 6.15. The first-order valence-electron chi connectivity index (χ1n) is 9.76. The number of nitrogens with zero attached hydrogens (tertiary/aromatic N) is 3. The Morgan fingerprint density at radius 3 is 2.55 bits per heavy atom. The SMILES string of the molecule is COB(OC)c1c[nH]c(=O)c(Nc2ccc(N3CCN(C4COC4)CC3)cn2)c1. The van der Waals surface area contributed by atoms with Crippen molar-refractivity contribution in [3.8, 4) is 0 Å². The Labute approximate surface area is 170 Å². The third kappa shape index (κ3) is 4.45. The van der Waals surface area contributed by atoms with E-state index in [1.165, 1.54) is 0 Å². The molecule has 2 saturated heterocycles. The van der Waals surface area contributed by atoms with Gasteiger partial charge in [0.25, 0.3) is 5.56 Å². The predicted octanol–water partition coefficient (Wildman–Crippen LogP) is 0.0223. The van der Waals surface area contributed by atoms with E-state index in [1.807, 2.05) is 18.3 Å². The van der Waals surface area contributed by atoms with Crippen LogP contribution in [0.2, 0.25) is 0 Å². The Bertz CT molecular complexity index is 862. The lowest BCUT2D eigenvalue weighted by molar-refractivity contribution is -0.0660. The van der Waals surface area contributed by atoms with Gasteiger partial charge in [0, 0.05) is 52.1 Å². The lowest BCUT2D eigenvalue weighted by atomic mass is 9.80. The van der Waals surface area contributed by atoms with Gasteiger partial charge >= 0.3 is 7.12 Å². The van der Waals surface area contributed by atoms with E-state index < -0.39 is 7.12 Å². The monoisotopic (exact) mass is 399 g/mol. The standard InChI is InChI=1S/C19H26BN5O4/c1-27-20(28-2)14-9-17(19(26)22-10-14)23-18-4-3-15(11-21-18)24-5-7-25(8-6-24)16-12-29-13-16/h3-4,9-11,16H,5-8,12-13H2,1-2H3,(H,21,23)(H,22,26). The molecular formula is C19H26BN5O4. The number of ether oxygens (including phenoxy) is 1. The molecular weight excluding hydrogens is 373 g/mol. The maximum atomic E-state index is 12.2. The number of hydrogen-bond acceptors (Lipinski definition) is 8. The van der Waals surface area contributed by atoms with Crippen LogP contribution in [0.1, 0.15) is 0 Å². The van der Waals surface area contributed by atoms with Crippen molar-refractivity contribution < 1.29 is 14.0 Å². The molecule has 2 aliphatic rings. The molecule has 0 saturated carbocycles. The van der Waals surface area contributed by atoms with Crippen LogP contribution in [0.15, 0.2) is 35.4 Å². The normalized spacial score (nSPS) is 17.8. The van der Waals surface area contributed by atoms with E-state index in [4.69, 9.17) is 14.0 Å². The molecule has 10 heteroatoms. The van der Waals surface area contributed by atoms with Crippen molar-refractivity contribution in [1.29, 1.82) is 0 Å². The molecule has 4 rings (SSSR count). The summed E-state index contributed by atoms with van der Waals surface area (Å²) in [5.74, 6) is 0.605. The number of pyridine rings is 2. The van der Waals surface area contributed by atoms with Crippen molar-refractivity contribution in [2.24, 2.45) is 0 Å². The molecule has 154 valence electrons. The number of nitrogens with one attached hydrogen (secondary N) is 2. The molecule has 9 nitrogen and oxygen atoms in total. The molecule has 4 heterocycles. The molecule has 0 atom stereocenters. The summed E-state index contributed by atoms with van der Waals surface area (Å²) in [7, 11) is 2.55. The summed E-state index contributed by atoms with van der Waals surface area (Å²) in [6.07, 6.45) is 3.42. The average Bonchev–Trinajstić information content (AvgIpc) is 2.71. The minimum absolute atomic E-state index is 0.235. The van der Waals surface area contributed by atoms with Gasteiger partial charge in [-0.3, -0.25) is 9.69 Å². The Hall–Kier alpha value is -2.40. The van der Waals surface area contributed by atoms with Gasteiger partial charge in [-0.05, 0) is 18.2 Å². The molecule has 0 amide bonds. The Balaban J connectivity index is 1.40. The fourth-order valence-corrected chi connectivity index (χ4v) is 3.66. The summed E-state index contributed by atoms with van der Waals surface area (Å²) in [4.78, 5) is 24.2. The lowest BCUT2D eigenvalue weighted by Crippen LogP contribution is -2.56. The van der Waals surface area contributed by atoms with Crippen molar-refractivity contribution in [3.63, 3.8) is 0 Å². The molecule has 2 aliphatic heterocycles. The van der Waals surface area contributed by atoms with Gasteiger partial charge in [0.1, 0.15) is 11.5 Å². The van der Waals surface area contributed by atoms with Crippen LogP contribution in [0.5, 0.6) is 0 Å². The first-order chi connectivity index (χ1) is 14.2. The zero-order valence-electron chi connectivity index (χ0n) is 16.8. The van der Waals surface area contributed by atoms with Gasteiger partial charge in [0.15, 0.2) is 0 Å². The number of H-pyrrole nitrogens is 1. The summed E-state index contributed by atoms with van der Waals surface area (Å²) < 4.78 is 15.8. The second-order valence-electron chi connectivity index (χ2n) is 7.22. The minimum Gasteiger partial charge on any atom is -0.410 e. The Morgan fingerprint density at radius 2 is 1.97 bits per heavy atom. The predicted molar refractivity (Wildman–Crippen MR) is 112 cm³/mol. The van der Waals surface area contributed by atoms with Crippen LogP contribution in [-0.2, 0) is 14.0 Å². The van der Waals surface area contributed by atoms with Gasteiger partial charge in [0.05, 0.1) is 31.1 Å². The van der Waals surface area contributed by atoms with Gasteiger partial charge in [-0.2, -0.15) is 0 Å².